The number of nitrogens with zero attached hydrogens (tertiary/aromatic N) is 2. The third-order valence-electron chi connectivity index (χ3n) is 2.53. The van der Waals surface area contributed by atoms with Crippen molar-refractivity contribution < 1.29 is 9.90 Å². The predicted octanol–water partition coefficient (Wildman–Crippen LogP) is 0.704. The number of carboxylic acids is 1. The Hall–Kier alpha value is -2.14. The van der Waals surface area contributed by atoms with Crippen LogP contribution in [0.3, 0.4) is 0 Å². The number of carbonyl (C=O) groups excluding carboxylic acids is 1. The number of carboxylic acid groups (broad SMARTS) is 1. The first-order valence-electron chi connectivity index (χ1n) is 5.60. The van der Waals surface area contributed by atoms with E-state index in [4.69, 9.17) is 11.6 Å². The molecule has 0 fully saturated rings. The van der Waals surface area contributed by atoms with E-state index < -0.39 is 5.97 Å². The Bertz CT molecular complexity index is 650. The number of aliphatic carboxylic acids is 1. The first-order chi connectivity index (χ1) is 9.06. The van der Waals surface area contributed by atoms with E-state index in [-0.39, 0.29) is 18.5 Å². The molecule has 0 spiro atoms. The molecule has 0 bridgehead atoms. The number of aryl methyl sites for hydroxylation is 1. The van der Waals surface area contributed by atoms with Gasteiger partial charge in [-0.05, 0) is 18.2 Å². The quantitative estimate of drug-likeness (QED) is 0.825. The van der Waals surface area contributed by atoms with E-state index in [1.54, 1.807) is 30.3 Å². The highest BCUT2D eigenvalue weighted by Gasteiger charge is 2.03. The molecule has 0 saturated carbocycles. The van der Waals surface area contributed by atoms with Crippen molar-refractivity contribution in [2.45, 2.75) is 13.0 Å². The Kier molecular flexibility index (Phi) is 3.97. The van der Waals surface area contributed by atoms with Crippen LogP contribution in [0, 0.1) is 0 Å². The highest BCUT2D eigenvalue weighted by Crippen LogP contribution is 2.18. The van der Waals surface area contributed by atoms with Crippen molar-refractivity contribution in [2.75, 3.05) is 0 Å². The summed E-state index contributed by atoms with van der Waals surface area (Å²) < 4.78 is 1.11. The molecule has 0 aliphatic carbocycles. The molecule has 5 nitrogen and oxygen atoms in total. The molecule has 0 unspecified atom stereocenters. The van der Waals surface area contributed by atoms with Gasteiger partial charge in [0.25, 0.3) is 5.56 Å². The molecule has 0 atom stereocenters. The van der Waals surface area contributed by atoms with Gasteiger partial charge in [0.15, 0.2) is 0 Å². The highest BCUT2D eigenvalue weighted by atomic mass is 35.5. The Labute approximate surface area is 114 Å². The molecule has 2 rings (SSSR count). The highest BCUT2D eigenvalue weighted by molar-refractivity contribution is 6.30. The number of rotatable bonds is 4. The summed E-state index contributed by atoms with van der Waals surface area (Å²) in [4.78, 5) is 21.9. The smallest absolute Gasteiger partial charge is 0.266 e. The monoisotopic (exact) mass is 277 g/mol. The van der Waals surface area contributed by atoms with Crippen LogP contribution < -0.4 is 10.7 Å². The molecule has 2 aromatic rings. The van der Waals surface area contributed by atoms with Crippen molar-refractivity contribution >= 4 is 17.6 Å². The number of benzene rings is 1. The van der Waals surface area contributed by atoms with Crippen LogP contribution in [-0.4, -0.2) is 15.7 Å². The SMILES string of the molecule is O=C([O-])CCn1nc(-c2ccc(Cl)cc2)ccc1=O. The van der Waals surface area contributed by atoms with E-state index in [0.717, 1.165) is 10.2 Å². The van der Waals surface area contributed by atoms with Gasteiger partial charge in [-0.3, -0.25) is 4.79 Å². The molecule has 98 valence electrons. The fourth-order valence-electron chi connectivity index (χ4n) is 1.58. The third-order valence-corrected chi connectivity index (χ3v) is 2.79. The molecule has 1 aromatic carbocycles. The summed E-state index contributed by atoms with van der Waals surface area (Å²) >= 11 is 5.79. The lowest BCUT2D eigenvalue weighted by Crippen LogP contribution is -2.28. The van der Waals surface area contributed by atoms with Crippen molar-refractivity contribution in [3.63, 3.8) is 0 Å². The molecule has 19 heavy (non-hydrogen) atoms. The second kappa shape index (κ2) is 5.67. The molecular weight excluding hydrogens is 268 g/mol. The summed E-state index contributed by atoms with van der Waals surface area (Å²) in [5.74, 6) is -1.22. The maximum Gasteiger partial charge on any atom is 0.266 e. The minimum atomic E-state index is -1.22. The minimum absolute atomic E-state index is 0.0113. The number of aromatic nitrogens is 2. The minimum Gasteiger partial charge on any atom is -0.550 e. The summed E-state index contributed by atoms with van der Waals surface area (Å²) in [6.07, 6.45) is -0.253. The zero-order valence-corrected chi connectivity index (χ0v) is 10.6. The van der Waals surface area contributed by atoms with E-state index in [2.05, 4.69) is 5.10 Å². The predicted molar refractivity (Wildman–Crippen MR) is 68.6 cm³/mol. The fourth-order valence-corrected chi connectivity index (χ4v) is 1.71. The van der Waals surface area contributed by atoms with E-state index >= 15 is 0 Å². The lowest BCUT2D eigenvalue weighted by atomic mass is 10.1. The number of hydrogen-bond acceptors (Lipinski definition) is 4. The standard InChI is InChI=1S/C13H11ClN2O3/c14-10-3-1-9(2-4-10)11-5-6-12(17)16(15-11)8-7-13(18)19/h1-6H,7-8H2,(H,18,19)/p-1. The molecule has 6 heteroatoms. The Morgan fingerprint density at radius 2 is 1.89 bits per heavy atom. The molecule has 0 aliphatic heterocycles. The average Bonchev–Trinajstić information content (AvgIpc) is 2.39. The number of carbonyl (C=O) groups is 1. The van der Waals surface area contributed by atoms with Crippen molar-refractivity contribution in [3.8, 4) is 11.3 Å². The van der Waals surface area contributed by atoms with E-state index in [1.807, 2.05) is 0 Å². The molecule has 0 radical (unpaired) electrons. The average molecular weight is 278 g/mol. The molecule has 1 heterocycles. The fraction of sp³-hybridized carbons (Fsp3) is 0.154. The summed E-state index contributed by atoms with van der Waals surface area (Å²) in [5, 5.41) is 15.1. The third kappa shape index (κ3) is 3.42. The van der Waals surface area contributed by atoms with Gasteiger partial charge in [-0.15, -0.1) is 0 Å². The molecule has 0 saturated heterocycles. The number of hydrogen-bond donors (Lipinski definition) is 0. The van der Waals surface area contributed by atoms with Crippen LogP contribution in [0.1, 0.15) is 6.42 Å². The van der Waals surface area contributed by atoms with Crippen molar-refractivity contribution in [3.05, 3.63) is 51.8 Å². The van der Waals surface area contributed by atoms with Crippen LogP contribution >= 0.6 is 11.6 Å². The van der Waals surface area contributed by atoms with Gasteiger partial charge in [0.2, 0.25) is 0 Å². The first kappa shape index (κ1) is 13.3. The Morgan fingerprint density at radius 1 is 1.21 bits per heavy atom. The zero-order valence-electron chi connectivity index (χ0n) is 9.88. The van der Waals surface area contributed by atoms with Gasteiger partial charge in [0.1, 0.15) is 0 Å². The maximum absolute atomic E-state index is 11.5. The molecule has 0 amide bonds. The van der Waals surface area contributed by atoms with Crippen LogP contribution in [0.4, 0.5) is 0 Å². The maximum atomic E-state index is 11.5. The van der Waals surface area contributed by atoms with Gasteiger partial charge < -0.3 is 9.90 Å². The van der Waals surface area contributed by atoms with Crippen molar-refractivity contribution in [1.82, 2.24) is 9.78 Å². The Morgan fingerprint density at radius 3 is 2.53 bits per heavy atom. The van der Waals surface area contributed by atoms with Gasteiger partial charge >= 0.3 is 0 Å². The van der Waals surface area contributed by atoms with Crippen LogP contribution in [0.15, 0.2) is 41.2 Å². The van der Waals surface area contributed by atoms with Crippen LogP contribution in [0.25, 0.3) is 11.3 Å². The summed E-state index contributed by atoms with van der Waals surface area (Å²) in [5.41, 5.74) is 1.03. The molecule has 1 aromatic heterocycles. The van der Waals surface area contributed by atoms with Crippen LogP contribution in [-0.2, 0) is 11.3 Å². The first-order valence-corrected chi connectivity index (χ1v) is 5.98. The summed E-state index contributed by atoms with van der Waals surface area (Å²) in [6.45, 7) is -0.0113. The zero-order chi connectivity index (χ0) is 13.8. The normalized spacial score (nSPS) is 10.4. The van der Waals surface area contributed by atoms with Crippen molar-refractivity contribution in [2.24, 2.45) is 0 Å². The molecule has 0 N–H and O–H groups in total. The van der Waals surface area contributed by atoms with E-state index in [9.17, 15) is 14.7 Å². The summed E-state index contributed by atoms with van der Waals surface area (Å²) in [6, 6.07) is 9.92. The molecule has 0 aliphatic rings. The van der Waals surface area contributed by atoms with Crippen LogP contribution in [0.2, 0.25) is 5.02 Å². The molecular formula is C13H10ClN2O3-. The van der Waals surface area contributed by atoms with Crippen LogP contribution in [0.5, 0.6) is 0 Å². The second-order valence-electron chi connectivity index (χ2n) is 3.91. The largest absolute Gasteiger partial charge is 0.550 e. The van der Waals surface area contributed by atoms with Gasteiger partial charge in [-0.25, -0.2) is 4.68 Å². The van der Waals surface area contributed by atoms with E-state index in [1.165, 1.54) is 6.07 Å². The lowest BCUT2D eigenvalue weighted by molar-refractivity contribution is -0.306. The van der Waals surface area contributed by atoms with Crippen molar-refractivity contribution in [1.29, 1.82) is 0 Å². The topological polar surface area (TPSA) is 75.0 Å². The lowest BCUT2D eigenvalue weighted by Gasteiger charge is -2.07. The second-order valence-corrected chi connectivity index (χ2v) is 4.35. The van der Waals surface area contributed by atoms with Gasteiger partial charge in [-0.2, -0.15) is 5.10 Å². The summed E-state index contributed by atoms with van der Waals surface area (Å²) in [7, 11) is 0. The van der Waals surface area contributed by atoms with Gasteiger partial charge in [0.05, 0.1) is 12.2 Å². The Balaban J connectivity index is 2.32. The van der Waals surface area contributed by atoms with Gasteiger partial charge in [-0.1, -0.05) is 23.7 Å². The van der Waals surface area contributed by atoms with E-state index in [0.29, 0.717) is 10.7 Å². The van der Waals surface area contributed by atoms with Gasteiger partial charge in [0, 0.05) is 29.0 Å². The number of halogens is 1.